The maximum absolute atomic E-state index is 12.9. The monoisotopic (exact) mass is 1190 g/mol. The minimum Gasteiger partial charge on any atom is -0.463 e. The van der Waals surface area contributed by atoms with Gasteiger partial charge < -0.3 is 34.2 Å². The summed E-state index contributed by atoms with van der Waals surface area (Å²) in [6, 6.07) is 0. The summed E-state index contributed by atoms with van der Waals surface area (Å²) in [5.41, 5.74) is 0. The lowest BCUT2D eigenvalue weighted by atomic mass is 10.1. The highest BCUT2D eigenvalue weighted by molar-refractivity contribution is 7.47. The summed E-state index contributed by atoms with van der Waals surface area (Å²) in [5.74, 6) is -1.62. The van der Waals surface area contributed by atoms with Gasteiger partial charge in [0.15, 0.2) is 6.10 Å². The Balaban J connectivity index is 4.75. The number of rotatable bonds is 59. The fourth-order valence-electron chi connectivity index (χ4n) is 8.01. The van der Waals surface area contributed by atoms with E-state index in [1.54, 1.807) is 0 Å². The number of aliphatic hydroxyl groups is 2. The van der Waals surface area contributed by atoms with Gasteiger partial charge in [0.2, 0.25) is 0 Å². The maximum Gasteiger partial charge on any atom is 0.472 e. The molecule has 0 aliphatic carbocycles. The van der Waals surface area contributed by atoms with Crippen LogP contribution in [0, 0.1) is 0 Å². The number of phosphoric ester groups is 2. The molecular weight excluding hydrogens is 1070 g/mol. The molecule has 0 saturated carbocycles. The van der Waals surface area contributed by atoms with Crippen molar-refractivity contribution in [2.24, 2.45) is 0 Å². The second-order valence-corrected chi connectivity index (χ2v) is 23.8. The van der Waals surface area contributed by atoms with Crippen molar-refractivity contribution in [1.29, 1.82) is 0 Å². The average Bonchev–Trinajstić information content (AvgIpc) is 3.45. The molecule has 470 valence electrons. The molecule has 0 rings (SSSR count). The summed E-state index contributed by atoms with van der Waals surface area (Å²) in [7, 11) is -9.77. The van der Waals surface area contributed by atoms with E-state index in [0.717, 1.165) is 135 Å². The highest BCUT2D eigenvalue weighted by atomic mass is 31.2. The number of carbonyl (C=O) groups is 3. The number of aliphatic hydroxyl groups excluding tert-OH is 2. The van der Waals surface area contributed by atoms with Gasteiger partial charge in [0.25, 0.3) is 0 Å². The van der Waals surface area contributed by atoms with E-state index in [-0.39, 0.29) is 19.3 Å². The summed E-state index contributed by atoms with van der Waals surface area (Å²) >= 11 is 0. The zero-order valence-electron chi connectivity index (χ0n) is 50.4. The van der Waals surface area contributed by atoms with Gasteiger partial charge in [0.05, 0.1) is 26.4 Å². The largest absolute Gasteiger partial charge is 0.472 e. The van der Waals surface area contributed by atoms with E-state index < -0.39 is 91.5 Å². The molecule has 0 heterocycles. The molecule has 0 saturated heterocycles. The zero-order chi connectivity index (χ0) is 59.6. The third-order valence-electron chi connectivity index (χ3n) is 12.9. The van der Waals surface area contributed by atoms with Crippen molar-refractivity contribution >= 4 is 33.6 Å². The molecule has 0 spiro atoms. The Bertz CT molecular complexity index is 1780. The van der Waals surface area contributed by atoms with E-state index in [1.165, 1.54) is 57.8 Å². The van der Waals surface area contributed by atoms with Crippen LogP contribution >= 0.6 is 15.6 Å². The lowest BCUT2D eigenvalue weighted by molar-refractivity contribution is -0.161. The molecule has 0 amide bonds. The van der Waals surface area contributed by atoms with Crippen LogP contribution < -0.4 is 0 Å². The molecule has 0 aromatic heterocycles. The summed E-state index contributed by atoms with van der Waals surface area (Å²) in [6.45, 7) is 2.53. The Labute approximate surface area is 490 Å². The first-order valence-electron chi connectivity index (χ1n) is 31.2. The van der Waals surface area contributed by atoms with Gasteiger partial charge in [-0.3, -0.25) is 32.5 Å². The zero-order valence-corrected chi connectivity index (χ0v) is 52.2. The van der Waals surface area contributed by atoms with Crippen LogP contribution in [0.25, 0.3) is 0 Å². The van der Waals surface area contributed by atoms with Crippen molar-refractivity contribution in [3.05, 3.63) is 72.9 Å². The van der Waals surface area contributed by atoms with Crippen molar-refractivity contribution in [2.75, 3.05) is 39.6 Å². The standard InChI is InChI=1S/C63H112O16P2/c1-4-7-10-13-16-19-22-25-28-31-34-37-40-43-46-49-61(66)73-52-58(64)53-75-80(69,70)76-54-59(65)55-77-81(71,72)78-57-60(79-63(68)51-48-45-42-39-36-33-30-27-24-21-18-15-12-9-6-3)56-74-62(67)50-47-44-41-38-35-32-29-26-23-20-17-14-11-8-5-2/h16-21,25-30,58-60,64-65H,4-15,22-24,31-57H2,1-3H3,(H,69,70)(H,71,72)/b19-16-,20-17-,21-18-,28-25-,29-26-,30-27-/t58-,59+,60-/m0/s1. The van der Waals surface area contributed by atoms with Crippen LogP contribution in [0.4, 0.5) is 0 Å². The highest BCUT2D eigenvalue weighted by Crippen LogP contribution is 2.45. The molecule has 0 fully saturated rings. The van der Waals surface area contributed by atoms with Gasteiger partial charge in [0.1, 0.15) is 25.4 Å². The highest BCUT2D eigenvalue weighted by Gasteiger charge is 2.29. The fourth-order valence-corrected chi connectivity index (χ4v) is 9.60. The van der Waals surface area contributed by atoms with E-state index in [9.17, 15) is 43.5 Å². The van der Waals surface area contributed by atoms with Crippen LogP contribution in [0.2, 0.25) is 0 Å². The van der Waals surface area contributed by atoms with Crippen molar-refractivity contribution in [2.45, 2.75) is 270 Å². The first-order valence-corrected chi connectivity index (χ1v) is 34.2. The molecule has 81 heavy (non-hydrogen) atoms. The van der Waals surface area contributed by atoms with Crippen molar-refractivity contribution in [3.8, 4) is 0 Å². The number of hydrogen-bond acceptors (Lipinski definition) is 14. The van der Waals surface area contributed by atoms with Gasteiger partial charge in [-0.25, -0.2) is 9.13 Å². The van der Waals surface area contributed by atoms with E-state index in [4.69, 9.17) is 32.3 Å². The minimum atomic E-state index is -4.92. The smallest absolute Gasteiger partial charge is 0.463 e. The molecule has 5 atom stereocenters. The maximum atomic E-state index is 12.9. The third-order valence-corrected chi connectivity index (χ3v) is 14.8. The Kier molecular flexibility index (Phi) is 55.3. The van der Waals surface area contributed by atoms with Gasteiger partial charge in [-0.15, -0.1) is 0 Å². The molecule has 0 aromatic carbocycles. The third kappa shape index (κ3) is 58.6. The predicted octanol–water partition coefficient (Wildman–Crippen LogP) is 16.4. The first-order chi connectivity index (χ1) is 39.2. The summed E-state index contributed by atoms with van der Waals surface area (Å²) in [5, 5.41) is 20.5. The van der Waals surface area contributed by atoms with Crippen LogP contribution in [-0.2, 0) is 55.8 Å². The van der Waals surface area contributed by atoms with Gasteiger partial charge in [-0.1, -0.05) is 190 Å². The molecule has 4 N–H and O–H groups in total. The number of unbranched alkanes of at least 4 members (excludes halogenated alkanes) is 24. The second-order valence-electron chi connectivity index (χ2n) is 20.8. The van der Waals surface area contributed by atoms with E-state index in [1.807, 2.05) is 0 Å². The van der Waals surface area contributed by atoms with Gasteiger partial charge in [-0.2, -0.15) is 0 Å². The average molecular weight is 1190 g/mol. The van der Waals surface area contributed by atoms with E-state index in [2.05, 4.69) is 93.7 Å². The fraction of sp³-hybridized carbons (Fsp3) is 0.762. The van der Waals surface area contributed by atoms with E-state index >= 15 is 0 Å². The Morgan fingerprint density at radius 3 is 0.963 bits per heavy atom. The Morgan fingerprint density at radius 2 is 0.617 bits per heavy atom. The van der Waals surface area contributed by atoms with Crippen LogP contribution in [-0.4, -0.2) is 95.9 Å². The van der Waals surface area contributed by atoms with Gasteiger partial charge in [-0.05, 0) is 116 Å². The number of ether oxygens (including phenoxy) is 3. The number of hydrogen-bond donors (Lipinski definition) is 4. The molecule has 18 heteroatoms. The van der Waals surface area contributed by atoms with E-state index in [0.29, 0.717) is 19.3 Å². The van der Waals surface area contributed by atoms with Crippen LogP contribution in [0.5, 0.6) is 0 Å². The second kappa shape index (κ2) is 57.4. The molecular formula is C63H112O16P2. The predicted molar refractivity (Wildman–Crippen MR) is 325 cm³/mol. The van der Waals surface area contributed by atoms with Crippen molar-refractivity contribution in [1.82, 2.24) is 0 Å². The molecule has 0 aromatic rings. The lowest BCUT2D eigenvalue weighted by Gasteiger charge is -2.21. The van der Waals surface area contributed by atoms with Gasteiger partial charge >= 0.3 is 33.6 Å². The SMILES string of the molecule is CCCCC/C=C\C/C=C\CCCCCCCC(=O)OC[C@H](O)COP(=O)(O)OC[C@@H](O)COP(=O)(O)OC[C@H](COC(=O)CCCCCCC/C=C\C/C=C\CCCCC)OC(=O)CCCCCCC/C=C\C/C=C\CCCCC. The van der Waals surface area contributed by atoms with Crippen LogP contribution in [0.15, 0.2) is 72.9 Å². The Hall–Kier alpha value is -3.01. The number of allylic oxidation sites excluding steroid dienone is 12. The number of carbonyl (C=O) groups excluding carboxylic acids is 3. The van der Waals surface area contributed by atoms with Gasteiger partial charge in [0, 0.05) is 19.3 Å². The molecule has 16 nitrogen and oxygen atoms in total. The molecule has 0 bridgehead atoms. The summed E-state index contributed by atoms with van der Waals surface area (Å²) < 4.78 is 60.6. The Morgan fingerprint density at radius 1 is 0.346 bits per heavy atom. The number of phosphoric acid groups is 2. The molecule has 0 aliphatic heterocycles. The first kappa shape index (κ1) is 78.0. The van der Waals surface area contributed by atoms with Crippen LogP contribution in [0.1, 0.15) is 252 Å². The van der Waals surface area contributed by atoms with Crippen LogP contribution in [0.3, 0.4) is 0 Å². The summed E-state index contributed by atoms with van der Waals surface area (Å²) in [4.78, 5) is 58.1. The number of esters is 3. The van der Waals surface area contributed by atoms with Crippen molar-refractivity contribution < 1.29 is 75.8 Å². The normalized spacial score (nSPS) is 14.9. The lowest BCUT2D eigenvalue weighted by Crippen LogP contribution is -2.30. The molecule has 0 radical (unpaired) electrons. The molecule has 2 unspecified atom stereocenters. The minimum absolute atomic E-state index is 0.0857. The summed E-state index contributed by atoms with van der Waals surface area (Å²) in [6.07, 6.45) is 56.7. The molecule has 0 aliphatic rings. The quantitative estimate of drug-likeness (QED) is 0.0146. The topological polar surface area (TPSA) is 231 Å². The van der Waals surface area contributed by atoms with Crippen molar-refractivity contribution in [3.63, 3.8) is 0 Å².